The fourth-order valence-corrected chi connectivity index (χ4v) is 3.78. The Kier molecular flexibility index (Phi) is 6.64. The number of benzene rings is 2. The van der Waals surface area contributed by atoms with Gasteiger partial charge in [0.05, 0.1) is 6.04 Å². The van der Waals surface area contributed by atoms with Crippen LogP contribution < -0.4 is 0 Å². The molecule has 144 valence electrons. The molecule has 0 spiro atoms. The molecule has 1 saturated carbocycles. The molecule has 1 unspecified atom stereocenters. The van der Waals surface area contributed by atoms with E-state index in [1.807, 2.05) is 24.3 Å². The minimum atomic E-state index is -0.229. The lowest BCUT2D eigenvalue weighted by atomic mass is 10.00. The Morgan fingerprint density at radius 3 is 2.00 bits per heavy atom. The van der Waals surface area contributed by atoms with E-state index in [-0.39, 0.29) is 24.3 Å². The summed E-state index contributed by atoms with van der Waals surface area (Å²) in [6.07, 6.45) is 3.83. The summed E-state index contributed by atoms with van der Waals surface area (Å²) in [5.41, 5.74) is 3.04. The summed E-state index contributed by atoms with van der Waals surface area (Å²) in [6.45, 7) is 5.21. The van der Waals surface area contributed by atoms with Gasteiger partial charge in [-0.2, -0.15) is 0 Å². The van der Waals surface area contributed by atoms with Crippen LogP contribution in [0.25, 0.3) is 11.1 Å². The molecule has 0 aromatic heterocycles. The molecule has 1 aliphatic heterocycles. The number of hydrogen-bond acceptors (Lipinski definition) is 3. The van der Waals surface area contributed by atoms with Crippen LogP contribution in [0.15, 0.2) is 48.5 Å². The van der Waals surface area contributed by atoms with Gasteiger partial charge in [0.15, 0.2) is 0 Å². The van der Waals surface area contributed by atoms with E-state index in [1.165, 1.54) is 31.5 Å². The second kappa shape index (κ2) is 8.96. The van der Waals surface area contributed by atoms with Crippen molar-refractivity contribution in [3.8, 4) is 11.1 Å². The molecule has 0 bridgehead atoms. The lowest BCUT2D eigenvalue weighted by Gasteiger charge is -2.37. The first kappa shape index (κ1) is 20.0. The molecule has 1 saturated heterocycles. The van der Waals surface area contributed by atoms with Gasteiger partial charge in [-0.3, -0.25) is 4.90 Å². The maximum Gasteiger partial charge on any atom is 0.141 e. The molecule has 0 N–H and O–H groups in total. The summed E-state index contributed by atoms with van der Waals surface area (Å²) < 4.78 is 13.1. The fraction of sp³-hybridized carbons (Fsp3) is 0.409. The van der Waals surface area contributed by atoms with Gasteiger partial charge in [0, 0.05) is 32.7 Å². The number of carbonyl (C=O) groups excluding carboxylic acids is 1. The van der Waals surface area contributed by atoms with Gasteiger partial charge < -0.3 is 9.69 Å². The van der Waals surface area contributed by atoms with Crippen molar-refractivity contribution >= 4 is 18.7 Å². The van der Waals surface area contributed by atoms with Crippen molar-refractivity contribution in [3.05, 3.63) is 59.9 Å². The fourth-order valence-electron chi connectivity index (χ4n) is 3.78. The molecule has 1 heterocycles. The molecule has 2 aromatic rings. The van der Waals surface area contributed by atoms with Crippen molar-refractivity contribution in [2.24, 2.45) is 5.92 Å². The Balaban J connectivity index is 0.00000210. The zero-order valence-corrected chi connectivity index (χ0v) is 16.2. The summed E-state index contributed by atoms with van der Waals surface area (Å²) in [4.78, 5) is 16.6. The van der Waals surface area contributed by atoms with E-state index in [9.17, 15) is 9.18 Å². The first-order valence-corrected chi connectivity index (χ1v) is 9.50. The van der Waals surface area contributed by atoms with Crippen LogP contribution in [0.2, 0.25) is 0 Å². The van der Waals surface area contributed by atoms with Crippen molar-refractivity contribution in [3.63, 3.8) is 0 Å². The summed E-state index contributed by atoms with van der Waals surface area (Å²) >= 11 is 0. The minimum Gasteiger partial charge on any atom is -0.301 e. The smallest absolute Gasteiger partial charge is 0.141 e. The van der Waals surface area contributed by atoms with Gasteiger partial charge in [0.25, 0.3) is 0 Å². The van der Waals surface area contributed by atoms with Crippen LogP contribution in [-0.4, -0.2) is 48.8 Å². The van der Waals surface area contributed by atoms with Gasteiger partial charge in [-0.05, 0) is 47.6 Å². The highest BCUT2D eigenvalue weighted by molar-refractivity contribution is 5.85. The van der Waals surface area contributed by atoms with Crippen molar-refractivity contribution in [2.75, 3.05) is 32.7 Å². The molecule has 2 fully saturated rings. The monoisotopic (exact) mass is 388 g/mol. The SMILES string of the molecule is Cl.O=CC(c1ccc(-c2ccc(F)cc2)cc1)N1CCN(CC2CC2)CC1. The topological polar surface area (TPSA) is 23.6 Å². The number of carbonyl (C=O) groups is 1. The molecule has 1 aliphatic carbocycles. The number of halogens is 2. The normalized spacial score (nSPS) is 19.3. The quantitative estimate of drug-likeness (QED) is 0.693. The molecular weight excluding hydrogens is 363 g/mol. The summed E-state index contributed by atoms with van der Waals surface area (Å²) in [6, 6.07) is 14.4. The van der Waals surface area contributed by atoms with E-state index in [0.717, 1.165) is 55.1 Å². The maximum atomic E-state index is 13.1. The number of aldehydes is 1. The third kappa shape index (κ3) is 4.95. The second-order valence-corrected chi connectivity index (χ2v) is 7.49. The third-order valence-electron chi connectivity index (χ3n) is 5.57. The molecule has 2 aliphatic rings. The first-order chi connectivity index (χ1) is 12.7. The van der Waals surface area contributed by atoms with Crippen molar-refractivity contribution in [2.45, 2.75) is 18.9 Å². The molecule has 5 heteroatoms. The molecule has 2 aromatic carbocycles. The van der Waals surface area contributed by atoms with E-state index in [4.69, 9.17) is 0 Å². The summed E-state index contributed by atoms with van der Waals surface area (Å²) in [5.74, 6) is 0.689. The molecule has 3 nitrogen and oxygen atoms in total. The third-order valence-corrected chi connectivity index (χ3v) is 5.57. The van der Waals surface area contributed by atoms with Gasteiger partial charge in [-0.15, -0.1) is 12.4 Å². The molecule has 27 heavy (non-hydrogen) atoms. The molecule has 1 atom stereocenters. The van der Waals surface area contributed by atoms with Crippen molar-refractivity contribution < 1.29 is 9.18 Å². The summed E-state index contributed by atoms with van der Waals surface area (Å²) in [7, 11) is 0. The zero-order valence-electron chi connectivity index (χ0n) is 15.4. The summed E-state index contributed by atoms with van der Waals surface area (Å²) in [5, 5.41) is 0. The van der Waals surface area contributed by atoms with Gasteiger partial charge >= 0.3 is 0 Å². The van der Waals surface area contributed by atoms with Crippen LogP contribution in [0, 0.1) is 11.7 Å². The predicted octanol–water partition coefficient (Wildman–Crippen LogP) is 4.18. The van der Waals surface area contributed by atoms with Gasteiger partial charge in [0.2, 0.25) is 0 Å². The molecular formula is C22H26ClFN2O. The van der Waals surface area contributed by atoms with Gasteiger partial charge in [-0.1, -0.05) is 36.4 Å². The predicted molar refractivity (Wildman–Crippen MR) is 109 cm³/mol. The molecule has 0 radical (unpaired) electrons. The van der Waals surface area contributed by atoms with Crippen LogP contribution in [0.1, 0.15) is 24.4 Å². The van der Waals surface area contributed by atoms with Crippen LogP contribution in [0.5, 0.6) is 0 Å². The molecule has 0 amide bonds. The number of piperazine rings is 1. The number of hydrogen-bond donors (Lipinski definition) is 0. The average molecular weight is 389 g/mol. The van der Waals surface area contributed by atoms with Crippen molar-refractivity contribution in [1.82, 2.24) is 9.80 Å². The highest BCUT2D eigenvalue weighted by Gasteiger charge is 2.28. The van der Waals surface area contributed by atoms with Gasteiger partial charge in [-0.25, -0.2) is 4.39 Å². The Morgan fingerprint density at radius 1 is 0.926 bits per heavy atom. The molecule has 4 rings (SSSR count). The Labute approximate surface area is 166 Å². The largest absolute Gasteiger partial charge is 0.301 e. The number of nitrogens with zero attached hydrogens (tertiary/aromatic N) is 2. The van der Waals surface area contributed by atoms with Crippen LogP contribution >= 0.6 is 12.4 Å². The van der Waals surface area contributed by atoms with E-state index in [1.54, 1.807) is 12.1 Å². The highest BCUT2D eigenvalue weighted by atomic mass is 35.5. The van der Waals surface area contributed by atoms with Crippen LogP contribution in [0.3, 0.4) is 0 Å². The van der Waals surface area contributed by atoms with Crippen LogP contribution in [0.4, 0.5) is 4.39 Å². The Morgan fingerprint density at radius 2 is 1.48 bits per heavy atom. The van der Waals surface area contributed by atoms with Gasteiger partial charge in [0.1, 0.15) is 12.1 Å². The van der Waals surface area contributed by atoms with E-state index in [2.05, 4.69) is 9.80 Å². The lowest BCUT2D eigenvalue weighted by molar-refractivity contribution is -0.113. The zero-order chi connectivity index (χ0) is 17.9. The van der Waals surface area contributed by atoms with Crippen molar-refractivity contribution in [1.29, 1.82) is 0 Å². The van der Waals surface area contributed by atoms with E-state index < -0.39 is 0 Å². The van der Waals surface area contributed by atoms with E-state index in [0.29, 0.717) is 0 Å². The second-order valence-electron chi connectivity index (χ2n) is 7.49. The Bertz CT molecular complexity index is 738. The first-order valence-electron chi connectivity index (χ1n) is 9.50. The number of rotatable bonds is 6. The van der Waals surface area contributed by atoms with Crippen LogP contribution in [-0.2, 0) is 4.79 Å². The Hall–Kier alpha value is -1.75. The average Bonchev–Trinajstić information content (AvgIpc) is 3.49. The van der Waals surface area contributed by atoms with E-state index >= 15 is 0 Å². The minimum absolute atomic E-state index is 0. The maximum absolute atomic E-state index is 13.1. The lowest BCUT2D eigenvalue weighted by Crippen LogP contribution is -2.48. The standard InChI is InChI=1S/C22H25FN2O.ClH/c23-21-9-7-19(8-10-21)18-3-5-20(6-4-18)22(16-26)25-13-11-24(12-14-25)15-17-1-2-17;/h3-10,16-17,22H,1-2,11-15H2;1H. The highest BCUT2D eigenvalue weighted by Crippen LogP contribution is 2.30.